The number of ether oxygens (including phenoxy) is 1. The number of thioether (sulfide) groups is 1. The first-order valence-electron chi connectivity index (χ1n) is 11.0. The maximum absolute atomic E-state index is 12.8. The fourth-order valence-corrected chi connectivity index (χ4v) is 4.68. The molecule has 2 saturated heterocycles. The molecule has 0 radical (unpaired) electrons. The van der Waals surface area contributed by atoms with Gasteiger partial charge < -0.3 is 9.64 Å². The minimum Gasteiger partial charge on any atom is -0.464 e. The van der Waals surface area contributed by atoms with Gasteiger partial charge in [0.2, 0.25) is 0 Å². The molecule has 2 amide bonds. The summed E-state index contributed by atoms with van der Waals surface area (Å²) in [6.45, 7) is 11.9. The van der Waals surface area contributed by atoms with Gasteiger partial charge in [0, 0.05) is 18.8 Å². The number of fused-ring (bicyclic) bond motifs is 1. The van der Waals surface area contributed by atoms with Crippen molar-refractivity contribution in [3.8, 4) is 0 Å². The molecule has 29 heavy (non-hydrogen) atoms. The topological polar surface area (TPSA) is 49.9 Å². The van der Waals surface area contributed by atoms with Crippen LogP contribution in [0.3, 0.4) is 0 Å². The lowest BCUT2D eigenvalue weighted by Gasteiger charge is -2.39. The van der Waals surface area contributed by atoms with Crippen molar-refractivity contribution >= 4 is 23.8 Å². The van der Waals surface area contributed by atoms with E-state index >= 15 is 0 Å². The zero-order valence-electron chi connectivity index (χ0n) is 18.7. The summed E-state index contributed by atoms with van der Waals surface area (Å²) in [6, 6.07) is 9.88. The fourth-order valence-electron chi connectivity index (χ4n) is 3.31. The van der Waals surface area contributed by atoms with Gasteiger partial charge in [0.25, 0.3) is 0 Å². The number of nitrogens with zero attached hydrogens (tertiary/aromatic N) is 2. The van der Waals surface area contributed by atoms with Crippen molar-refractivity contribution in [2.45, 2.75) is 71.7 Å². The van der Waals surface area contributed by atoms with Crippen LogP contribution >= 0.6 is 11.8 Å². The zero-order chi connectivity index (χ0) is 21.6. The summed E-state index contributed by atoms with van der Waals surface area (Å²) >= 11 is 1.69. The van der Waals surface area contributed by atoms with Gasteiger partial charge in [-0.2, -0.15) is 0 Å². The molecule has 2 heterocycles. The highest BCUT2D eigenvalue weighted by Gasteiger charge is 2.46. The van der Waals surface area contributed by atoms with Crippen LogP contribution < -0.4 is 0 Å². The van der Waals surface area contributed by atoms with Crippen molar-refractivity contribution in [3.05, 3.63) is 35.9 Å². The molecule has 164 valence electrons. The molecule has 1 aromatic rings. The summed E-state index contributed by atoms with van der Waals surface area (Å²) in [6.07, 6.45) is 4.06. The lowest BCUT2D eigenvalue weighted by molar-refractivity contribution is -0.147. The van der Waals surface area contributed by atoms with Gasteiger partial charge in [-0.1, -0.05) is 64.4 Å². The molecule has 0 bridgehead atoms. The predicted octanol–water partition coefficient (Wildman–Crippen LogP) is 5.19. The molecule has 5 nitrogen and oxygen atoms in total. The van der Waals surface area contributed by atoms with E-state index < -0.39 is 6.04 Å². The first-order valence-corrected chi connectivity index (χ1v) is 12.1. The van der Waals surface area contributed by atoms with E-state index in [2.05, 4.69) is 26.0 Å². The Hall–Kier alpha value is -1.69. The lowest BCUT2D eigenvalue weighted by Crippen LogP contribution is -2.56. The quantitative estimate of drug-likeness (QED) is 0.592. The third kappa shape index (κ3) is 7.57. The fraction of sp³-hybridized carbons (Fsp3) is 0.652. The van der Waals surface area contributed by atoms with E-state index in [1.807, 2.05) is 36.9 Å². The number of amides is 2. The zero-order valence-corrected chi connectivity index (χ0v) is 19.5. The molecule has 0 N–H and O–H groups in total. The van der Waals surface area contributed by atoms with Crippen LogP contribution in [0.4, 0.5) is 4.79 Å². The number of rotatable bonds is 6. The van der Waals surface area contributed by atoms with Crippen molar-refractivity contribution in [1.82, 2.24) is 9.80 Å². The van der Waals surface area contributed by atoms with Gasteiger partial charge in [0.1, 0.15) is 6.04 Å². The van der Waals surface area contributed by atoms with Crippen LogP contribution in [0.1, 0.15) is 59.4 Å². The van der Waals surface area contributed by atoms with Crippen molar-refractivity contribution in [1.29, 1.82) is 0 Å². The monoisotopic (exact) mass is 422 g/mol. The number of urea groups is 1. The Morgan fingerprint density at radius 3 is 2.45 bits per heavy atom. The van der Waals surface area contributed by atoms with E-state index in [4.69, 9.17) is 4.74 Å². The summed E-state index contributed by atoms with van der Waals surface area (Å²) in [5, 5.41) is 0.122. The molecule has 0 aromatic heterocycles. The van der Waals surface area contributed by atoms with Crippen molar-refractivity contribution in [3.63, 3.8) is 0 Å². The molecule has 1 aromatic carbocycles. The average molecular weight is 423 g/mol. The third-order valence-electron chi connectivity index (χ3n) is 4.52. The molecule has 0 aliphatic carbocycles. The maximum atomic E-state index is 12.8. The first-order chi connectivity index (χ1) is 14.1. The Morgan fingerprint density at radius 2 is 1.83 bits per heavy atom. The number of carbonyl (C=O) groups is 2. The van der Waals surface area contributed by atoms with Crippen molar-refractivity contribution in [2.75, 3.05) is 25.4 Å². The molecular weight excluding hydrogens is 384 g/mol. The van der Waals surface area contributed by atoms with Crippen LogP contribution in [-0.2, 0) is 16.0 Å². The lowest BCUT2D eigenvalue weighted by atomic mass is 10.1. The third-order valence-corrected chi connectivity index (χ3v) is 5.88. The van der Waals surface area contributed by atoms with Crippen LogP contribution in [0, 0.1) is 0 Å². The first kappa shape index (κ1) is 25.3. The van der Waals surface area contributed by atoms with Gasteiger partial charge in [-0.3, -0.25) is 4.90 Å². The minimum atomic E-state index is -0.427. The molecule has 3 rings (SSSR count). The standard InChI is InChI=1S/C18H24N2O3S.C3H8.C2H6/c1-2-23-17(21)15-13-24-16-10-12-19(18(22)20(15)16)11-6-9-14-7-4-3-5-8-14;1-3-2;1-2/h3-5,7-8,15-16H,2,6,9-13H2,1H3;3H2,1-2H3;1-2H3/t15-,16?;;/m0../s1. The summed E-state index contributed by atoms with van der Waals surface area (Å²) in [7, 11) is 0. The maximum Gasteiger partial charge on any atom is 0.329 e. The van der Waals surface area contributed by atoms with Gasteiger partial charge in [0.05, 0.1) is 12.0 Å². The van der Waals surface area contributed by atoms with Gasteiger partial charge in [-0.25, -0.2) is 9.59 Å². The molecular formula is C23H38N2O3S. The second-order valence-electron chi connectivity index (χ2n) is 6.82. The van der Waals surface area contributed by atoms with Gasteiger partial charge in [-0.15, -0.1) is 11.8 Å². The highest BCUT2D eigenvalue weighted by atomic mass is 32.2. The van der Waals surface area contributed by atoms with Crippen molar-refractivity contribution in [2.24, 2.45) is 0 Å². The number of esters is 1. The van der Waals surface area contributed by atoms with E-state index in [1.54, 1.807) is 23.6 Å². The van der Waals surface area contributed by atoms with E-state index in [9.17, 15) is 9.59 Å². The Kier molecular flexibility index (Phi) is 12.5. The van der Waals surface area contributed by atoms with E-state index in [-0.39, 0.29) is 17.4 Å². The molecule has 0 spiro atoms. The van der Waals surface area contributed by atoms with Gasteiger partial charge in [-0.05, 0) is 31.7 Å². The number of hydrogen-bond acceptors (Lipinski definition) is 4. The van der Waals surface area contributed by atoms with Crippen LogP contribution in [0.15, 0.2) is 30.3 Å². The molecule has 2 aliphatic heterocycles. The molecule has 2 fully saturated rings. The number of hydrogen-bond donors (Lipinski definition) is 0. The number of benzene rings is 1. The minimum absolute atomic E-state index is 0.0117. The SMILES string of the molecule is CC.CCC.CCOC(=O)[C@@H]1CSC2CCN(CCCc3ccccc3)C(=O)N21. The van der Waals surface area contributed by atoms with Crippen molar-refractivity contribution < 1.29 is 14.3 Å². The largest absolute Gasteiger partial charge is 0.464 e. The molecule has 2 aliphatic rings. The average Bonchev–Trinajstić information content (AvgIpc) is 3.18. The molecule has 1 unspecified atom stereocenters. The highest BCUT2D eigenvalue weighted by molar-refractivity contribution is 8.00. The Bertz CT molecular complexity index is 597. The smallest absolute Gasteiger partial charge is 0.329 e. The number of aryl methyl sites for hydroxylation is 1. The number of carbonyl (C=O) groups excluding carboxylic acids is 2. The molecule has 6 heteroatoms. The second kappa shape index (κ2) is 14.3. The highest BCUT2D eigenvalue weighted by Crippen LogP contribution is 2.35. The second-order valence-corrected chi connectivity index (χ2v) is 8.03. The van der Waals surface area contributed by atoms with Crippen LogP contribution in [0.2, 0.25) is 0 Å². The van der Waals surface area contributed by atoms with Gasteiger partial charge >= 0.3 is 12.0 Å². The molecule has 2 atom stereocenters. The summed E-state index contributed by atoms with van der Waals surface area (Å²) in [4.78, 5) is 28.5. The van der Waals surface area contributed by atoms with E-state index in [1.165, 1.54) is 12.0 Å². The summed E-state index contributed by atoms with van der Waals surface area (Å²) in [5.74, 6) is 0.375. The van der Waals surface area contributed by atoms with E-state index in [0.29, 0.717) is 12.4 Å². The van der Waals surface area contributed by atoms with Gasteiger partial charge in [0.15, 0.2) is 0 Å². The normalized spacial score (nSPS) is 20.1. The molecule has 0 saturated carbocycles. The summed E-state index contributed by atoms with van der Waals surface area (Å²) < 4.78 is 5.13. The van der Waals surface area contributed by atoms with Crippen LogP contribution in [0.5, 0.6) is 0 Å². The summed E-state index contributed by atoms with van der Waals surface area (Å²) in [5.41, 5.74) is 1.29. The van der Waals surface area contributed by atoms with E-state index in [0.717, 1.165) is 32.4 Å². The Labute approximate surface area is 181 Å². The predicted molar refractivity (Wildman–Crippen MR) is 122 cm³/mol. The Balaban J connectivity index is 0.000000771. The van der Waals surface area contributed by atoms with Crippen LogP contribution in [-0.4, -0.2) is 58.7 Å². The van der Waals surface area contributed by atoms with Crippen LogP contribution in [0.25, 0.3) is 0 Å². The Morgan fingerprint density at radius 1 is 1.17 bits per heavy atom.